The van der Waals surface area contributed by atoms with Gasteiger partial charge in [0.05, 0.1) is 52.1 Å². The molecule has 31 heteroatoms. The van der Waals surface area contributed by atoms with Crippen molar-refractivity contribution in [2.45, 2.75) is 144 Å². The average Bonchev–Trinajstić information content (AvgIpc) is 4.14. The van der Waals surface area contributed by atoms with Crippen LogP contribution in [0.2, 0.25) is 0 Å². The van der Waals surface area contributed by atoms with Crippen LogP contribution in [0.1, 0.15) is 92.7 Å². The lowest BCUT2D eigenvalue weighted by atomic mass is 9.98. The fourth-order valence-corrected chi connectivity index (χ4v) is 10.6. The van der Waals surface area contributed by atoms with E-state index in [9.17, 15) is 63.0 Å². The molecule has 2 fully saturated rings. The Hall–Kier alpha value is -6.67. The number of esters is 8. The molecule has 2 aromatic carbocycles. The fourth-order valence-electron chi connectivity index (χ4n) is 8.06. The van der Waals surface area contributed by atoms with E-state index < -0.39 is 122 Å². The minimum atomic E-state index is -1.53. The number of aromatic nitrogens is 2. The maximum absolute atomic E-state index is 12.4. The summed E-state index contributed by atoms with van der Waals surface area (Å²) in [5.41, 5.74) is 0.694. The van der Waals surface area contributed by atoms with E-state index in [0.717, 1.165) is 55.4 Å². The molecule has 0 bridgehead atoms. The van der Waals surface area contributed by atoms with Gasteiger partial charge in [0.1, 0.15) is 54.2 Å². The number of phenols is 2. The van der Waals surface area contributed by atoms with E-state index >= 15 is 0 Å². The molecule has 10 atom stereocenters. The topological polar surface area (TPSA) is 349 Å². The monoisotopic (exact) mass is 1410 g/mol. The number of carbonyl (C=O) groups is 11. The smallest absolute Gasteiger partial charge is 0.303 e. The van der Waals surface area contributed by atoms with Gasteiger partial charge in [-0.3, -0.25) is 57.1 Å². The number of Topliss-reactive ketones (excluding diaryl/α,β-unsaturated/α-hetero) is 1. The third kappa shape index (κ3) is 17.7. The average molecular weight is 1420 g/mol. The summed E-state index contributed by atoms with van der Waals surface area (Å²) in [6.07, 6.45) is -11.4. The number of carbonyl (C=O) groups excluding carboxylic acids is 11. The lowest BCUT2D eigenvalue weighted by molar-refractivity contribution is -0.288. The van der Waals surface area contributed by atoms with Gasteiger partial charge in [0, 0.05) is 69.2 Å². The molecule has 27 nitrogen and oxygen atoms in total. The van der Waals surface area contributed by atoms with E-state index in [4.69, 9.17) is 56.8 Å². The zero-order valence-corrected chi connectivity index (χ0v) is 52.0. The normalized spacial score (nSPS) is 21.8. The van der Waals surface area contributed by atoms with Crippen molar-refractivity contribution in [1.29, 1.82) is 0 Å². The van der Waals surface area contributed by atoms with Gasteiger partial charge < -0.3 is 71.8 Å². The van der Waals surface area contributed by atoms with Gasteiger partial charge in [-0.25, -0.2) is 0 Å². The number of aromatic hydroxyl groups is 2. The summed E-state index contributed by atoms with van der Waals surface area (Å²) in [7, 11) is 0. The first-order valence-corrected chi connectivity index (χ1v) is 27.2. The van der Waals surface area contributed by atoms with Crippen molar-refractivity contribution in [2.75, 3.05) is 13.2 Å². The van der Waals surface area contributed by atoms with Crippen LogP contribution in [0.25, 0.3) is 21.8 Å². The summed E-state index contributed by atoms with van der Waals surface area (Å²) in [5.74, 6) is -7.05. The van der Waals surface area contributed by atoms with Gasteiger partial charge in [-0.05, 0) is 89.7 Å². The zero-order chi connectivity index (χ0) is 61.9. The molecule has 2 aliphatic heterocycles. The Morgan fingerprint density at radius 3 is 0.963 bits per heavy atom. The number of ketones is 1. The first-order chi connectivity index (χ1) is 38.1. The Balaban J connectivity index is 0.000000331. The molecule has 0 spiro atoms. The number of benzene rings is 2. The Morgan fingerprint density at radius 2 is 0.707 bits per heavy atom. The maximum Gasteiger partial charge on any atom is 0.303 e. The molecular formula is C51H56Br4N2O25. The highest BCUT2D eigenvalue weighted by Crippen LogP contribution is 2.46. The molecule has 2 aliphatic rings. The molecule has 0 unspecified atom stereocenters. The van der Waals surface area contributed by atoms with Crippen LogP contribution in [0.3, 0.4) is 0 Å². The zero-order valence-electron chi connectivity index (χ0n) is 45.7. The van der Waals surface area contributed by atoms with Crippen LogP contribution in [0.4, 0.5) is 0 Å². The molecule has 0 saturated carbocycles. The van der Waals surface area contributed by atoms with Crippen molar-refractivity contribution >= 4 is 151 Å². The third-order valence-corrected chi connectivity index (χ3v) is 13.7. The lowest BCUT2D eigenvalue weighted by Crippen LogP contribution is -2.63. The second-order valence-electron chi connectivity index (χ2n) is 17.9. The molecule has 4 aromatic rings. The second kappa shape index (κ2) is 29.5. The van der Waals surface area contributed by atoms with Crippen LogP contribution < -0.4 is 9.47 Å². The molecule has 4 heterocycles. The highest BCUT2D eigenvalue weighted by Gasteiger charge is 2.55. The van der Waals surface area contributed by atoms with Crippen molar-refractivity contribution in [2.24, 2.45) is 0 Å². The third-order valence-electron chi connectivity index (χ3n) is 10.9. The van der Waals surface area contributed by atoms with Gasteiger partial charge in [-0.15, -0.1) is 0 Å². The van der Waals surface area contributed by atoms with Crippen molar-refractivity contribution in [3.8, 4) is 23.0 Å². The number of halogens is 4. The molecule has 0 aliphatic carbocycles. The van der Waals surface area contributed by atoms with Gasteiger partial charge in [0.15, 0.2) is 24.4 Å². The van der Waals surface area contributed by atoms with Gasteiger partial charge in [-0.1, -0.05) is 0 Å². The van der Waals surface area contributed by atoms with E-state index in [1.165, 1.54) is 61.4 Å². The summed E-state index contributed by atoms with van der Waals surface area (Å²) in [5, 5.41) is 21.5. The molecule has 82 heavy (non-hydrogen) atoms. The summed E-state index contributed by atoms with van der Waals surface area (Å²) < 4.78 is 70.0. The number of hydrogen-bond acceptors (Lipinski definition) is 25. The van der Waals surface area contributed by atoms with Crippen LogP contribution in [-0.2, 0) is 90.5 Å². The minimum absolute atomic E-state index is 0.00998. The number of rotatable bonds is 14. The van der Waals surface area contributed by atoms with Crippen molar-refractivity contribution in [1.82, 2.24) is 9.13 Å². The molecular weight excluding hydrogens is 1360 g/mol. The number of nitrogens with zero attached hydrogens (tertiary/aromatic N) is 2. The molecule has 0 radical (unpaired) electrons. The van der Waals surface area contributed by atoms with Crippen molar-refractivity contribution in [3.63, 3.8) is 0 Å². The highest BCUT2D eigenvalue weighted by atomic mass is 79.9. The van der Waals surface area contributed by atoms with Crippen LogP contribution >= 0.6 is 63.7 Å². The molecule has 6 rings (SSSR count). The number of ether oxygens (including phenoxy) is 12. The lowest BCUT2D eigenvalue weighted by Gasteiger charge is -2.43. The van der Waals surface area contributed by atoms with Gasteiger partial charge >= 0.3 is 47.8 Å². The first kappa shape index (κ1) is 67.8. The quantitative estimate of drug-likeness (QED) is 0.0993. The van der Waals surface area contributed by atoms with Gasteiger partial charge in [-0.2, -0.15) is 0 Å². The molecule has 0 amide bonds. The standard InChI is InChI=1S/2C24H25Br2NO12.C3H6O/c2*1-9(28)27-7-16(18-15(27)6-14(25)20(33)19(18)26)38-24-23(37-13(5)32)22(36-12(4)31)21(35-11(3)30)17(39-24)8-34-10(2)29;1-3(2)4/h2*6-7,17,21-24,33H,8H2,1-5H3;1-2H3/t2*17-,21-,22+,23-,24-;/m11./s1. The SMILES string of the molecule is CC(=O)OC[C@H]1O[C@@H](Oc2cn(C(C)=O)c3cc(Br)c(O)c(Br)c23)[C@H](OC(C)=O)[C@@H](OC(C)=O)[C@@H]1OC(C)=O.CC(=O)OC[C@H]1O[C@@H](Oc2cn(C(C)=O)c3cc(Br)c(O)c(Br)c23)[C@H](OC(C)=O)[C@@H](OC(C)=O)[C@@H]1OC(C)=O.CC(C)=O. The first-order valence-electron chi connectivity index (χ1n) is 24.0. The summed E-state index contributed by atoms with van der Waals surface area (Å²) >= 11 is 13.1. The van der Waals surface area contributed by atoms with Crippen LogP contribution in [0, 0.1) is 0 Å². The summed E-state index contributed by atoms with van der Waals surface area (Å²) in [4.78, 5) is 129. The van der Waals surface area contributed by atoms with Crippen LogP contribution in [-0.4, -0.2) is 159 Å². The van der Waals surface area contributed by atoms with E-state index in [1.807, 2.05) is 0 Å². The van der Waals surface area contributed by atoms with Crippen molar-refractivity contribution in [3.05, 3.63) is 42.4 Å². The maximum atomic E-state index is 12.4. The Labute approximate surface area is 500 Å². The number of fused-ring (bicyclic) bond motifs is 2. The molecule has 2 saturated heterocycles. The summed E-state index contributed by atoms with van der Waals surface area (Å²) in [6.45, 7) is 13.7. The molecule has 2 N–H and O–H groups in total. The highest BCUT2D eigenvalue weighted by molar-refractivity contribution is 9.11. The van der Waals surface area contributed by atoms with E-state index in [2.05, 4.69) is 63.7 Å². The van der Waals surface area contributed by atoms with Crippen molar-refractivity contribution < 1.29 is 120 Å². The summed E-state index contributed by atoms with van der Waals surface area (Å²) in [6, 6.07) is 2.99. The predicted octanol–water partition coefficient (Wildman–Crippen LogP) is 6.58. The minimum Gasteiger partial charge on any atom is -0.506 e. The number of phenolic OH excluding ortho intramolecular Hbond substituents is 2. The Morgan fingerprint density at radius 1 is 0.439 bits per heavy atom. The predicted molar refractivity (Wildman–Crippen MR) is 292 cm³/mol. The Kier molecular flexibility index (Phi) is 24.4. The van der Waals surface area contributed by atoms with Gasteiger partial charge in [0.2, 0.25) is 36.6 Å². The van der Waals surface area contributed by atoms with Crippen LogP contribution in [0.5, 0.6) is 23.0 Å². The van der Waals surface area contributed by atoms with E-state index in [-0.39, 0.29) is 60.3 Å². The van der Waals surface area contributed by atoms with Gasteiger partial charge in [0.25, 0.3) is 0 Å². The largest absolute Gasteiger partial charge is 0.506 e. The van der Waals surface area contributed by atoms with Crippen LogP contribution in [0.15, 0.2) is 42.4 Å². The van der Waals surface area contributed by atoms with E-state index in [1.54, 1.807) is 0 Å². The number of hydrogen-bond donors (Lipinski definition) is 2. The van der Waals surface area contributed by atoms with E-state index in [0.29, 0.717) is 20.0 Å². The molecule has 448 valence electrons. The molecule has 2 aromatic heterocycles. The fraction of sp³-hybridized carbons (Fsp3) is 0.471. The second-order valence-corrected chi connectivity index (χ2v) is 21.2. The Bertz CT molecular complexity index is 2950.